The van der Waals surface area contributed by atoms with Gasteiger partial charge in [-0.15, -0.1) is 22.9 Å². The van der Waals surface area contributed by atoms with Gasteiger partial charge in [-0.2, -0.15) is 0 Å². The summed E-state index contributed by atoms with van der Waals surface area (Å²) in [5, 5.41) is 10.9. The summed E-state index contributed by atoms with van der Waals surface area (Å²) < 4.78 is 0. The van der Waals surface area contributed by atoms with Gasteiger partial charge in [-0.3, -0.25) is 4.90 Å². The molecule has 0 aliphatic carbocycles. The SMILES string of the molecule is CCN(CCO)CC(Cl)c1cccs1. The Bertz CT molecular complexity index is 240. The number of thiophene rings is 1. The van der Waals surface area contributed by atoms with Crippen molar-refractivity contribution in [3.8, 4) is 0 Å². The van der Waals surface area contributed by atoms with Crippen LogP contribution >= 0.6 is 22.9 Å². The smallest absolute Gasteiger partial charge is 0.0805 e. The van der Waals surface area contributed by atoms with Gasteiger partial charge in [0, 0.05) is 18.0 Å². The van der Waals surface area contributed by atoms with Gasteiger partial charge in [0.2, 0.25) is 0 Å². The fourth-order valence-electron chi connectivity index (χ4n) is 1.31. The molecular weight excluding hydrogens is 218 g/mol. The zero-order valence-electron chi connectivity index (χ0n) is 8.32. The van der Waals surface area contributed by atoms with Gasteiger partial charge in [-0.25, -0.2) is 0 Å². The monoisotopic (exact) mass is 233 g/mol. The third-order valence-electron chi connectivity index (χ3n) is 2.13. The molecule has 1 aromatic heterocycles. The predicted molar refractivity (Wildman–Crippen MR) is 62.1 cm³/mol. The predicted octanol–water partition coefficient (Wildman–Crippen LogP) is 2.34. The molecule has 1 rings (SSSR count). The van der Waals surface area contributed by atoms with Crippen LogP contribution in [0.2, 0.25) is 0 Å². The van der Waals surface area contributed by atoms with E-state index in [-0.39, 0.29) is 12.0 Å². The molecule has 80 valence electrons. The van der Waals surface area contributed by atoms with Crippen molar-refractivity contribution in [1.29, 1.82) is 0 Å². The van der Waals surface area contributed by atoms with Crippen molar-refractivity contribution in [3.05, 3.63) is 22.4 Å². The van der Waals surface area contributed by atoms with E-state index in [0.29, 0.717) is 6.54 Å². The average Bonchev–Trinajstić information content (AvgIpc) is 2.69. The maximum absolute atomic E-state index is 8.83. The maximum atomic E-state index is 8.83. The molecule has 0 bridgehead atoms. The largest absolute Gasteiger partial charge is 0.395 e. The van der Waals surface area contributed by atoms with Gasteiger partial charge < -0.3 is 5.11 Å². The molecule has 1 unspecified atom stereocenters. The average molecular weight is 234 g/mol. The molecule has 0 spiro atoms. The zero-order valence-corrected chi connectivity index (χ0v) is 9.89. The second kappa shape index (κ2) is 6.40. The molecule has 0 fully saturated rings. The van der Waals surface area contributed by atoms with Gasteiger partial charge in [0.15, 0.2) is 0 Å². The number of hydrogen-bond donors (Lipinski definition) is 1. The van der Waals surface area contributed by atoms with Gasteiger partial charge in [0.1, 0.15) is 0 Å². The third-order valence-corrected chi connectivity index (χ3v) is 3.62. The van der Waals surface area contributed by atoms with Crippen LogP contribution in [-0.2, 0) is 0 Å². The fraction of sp³-hybridized carbons (Fsp3) is 0.600. The normalized spacial score (nSPS) is 13.4. The van der Waals surface area contributed by atoms with Crippen molar-refractivity contribution in [2.24, 2.45) is 0 Å². The summed E-state index contributed by atoms with van der Waals surface area (Å²) in [5.74, 6) is 0. The molecule has 2 nitrogen and oxygen atoms in total. The molecular formula is C10H16ClNOS. The standard InChI is InChI=1S/C10H16ClNOS/c1-2-12(5-6-13)8-9(11)10-4-3-7-14-10/h3-4,7,9,13H,2,5-6,8H2,1H3. The quantitative estimate of drug-likeness (QED) is 0.763. The third kappa shape index (κ3) is 3.58. The second-order valence-corrected chi connectivity index (χ2v) is 4.61. The number of likely N-dealkylation sites (N-methyl/N-ethyl adjacent to an activating group) is 1. The van der Waals surface area contributed by atoms with Crippen LogP contribution < -0.4 is 0 Å². The lowest BCUT2D eigenvalue weighted by Gasteiger charge is -2.21. The number of aliphatic hydroxyl groups excluding tert-OH is 1. The first kappa shape index (κ1) is 12.0. The van der Waals surface area contributed by atoms with E-state index >= 15 is 0 Å². The minimum atomic E-state index is 0.0431. The summed E-state index contributed by atoms with van der Waals surface area (Å²) in [4.78, 5) is 3.35. The van der Waals surface area contributed by atoms with Gasteiger partial charge in [0.05, 0.1) is 12.0 Å². The molecule has 14 heavy (non-hydrogen) atoms. The molecule has 1 atom stereocenters. The van der Waals surface area contributed by atoms with E-state index in [9.17, 15) is 0 Å². The molecule has 1 aromatic rings. The Morgan fingerprint density at radius 1 is 1.64 bits per heavy atom. The van der Waals surface area contributed by atoms with Crippen molar-refractivity contribution in [1.82, 2.24) is 4.90 Å². The van der Waals surface area contributed by atoms with Crippen molar-refractivity contribution < 1.29 is 5.11 Å². The van der Waals surface area contributed by atoms with E-state index in [4.69, 9.17) is 16.7 Å². The summed E-state index contributed by atoms with van der Waals surface area (Å²) in [5.41, 5.74) is 0. The van der Waals surface area contributed by atoms with E-state index in [1.165, 1.54) is 4.88 Å². The number of aliphatic hydroxyl groups is 1. The van der Waals surface area contributed by atoms with Crippen molar-refractivity contribution in [2.75, 3.05) is 26.2 Å². The van der Waals surface area contributed by atoms with Crippen LogP contribution in [-0.4, -0.2) is 36.2 Å². The number of hydrogen-bond acceptors (Lipinski definition) is 3. The minimum absolute atomic E-state index is 0.0431. The number of nitrogens with zero attached hydrogens (tertiary/aromatic N) is 1. The highest BCUT2D eigenvalue weighted by Gasteiger charge is 2.12. The van der Waals surface area contributed by atoms with Crippen LogP contribution in [0.15, 0.2) is 17.5 Å². The van der Waals surface area contributed by atoms with E-state index in [1.807, 2.05) is 11.4 Å². The number of alkyl halides is 1. The van der Waals surface area contributed by atoms with E-state index in [0.717, 1.165) is 13.1 Å². The highest BCUT2D eigenvalue weighted by atomic mass is 35.5. The Balaban J connectivity index is 2.42. The van der Waals surface area contributed by atoms with Crippen molar-refractivity contribution in [3.63, 3.8) is 0 Å². The van der Waals surface area contributed by atoms with Crippen molar-refractivity contribution in [2.45, 2.75) is 12.3 Å². The molecule has 0 saturated heterocycles. The Kier molecular flexibility index (Phi) is 5.48. The lowest BCUT2D eigenvalue weighted by molar-refractivity contribution is 0.202. The summed E-state index contributed by atoms with van der Waals surface area (Å²) >= 11 is 7.92. The van der Waals surface area contributed by atoms with Gasteiger partial charge in [-0.1, -0.05) is 13.0 Å². The van der Waals surface area contributed by atoms with Crippen LogP contribution in [0.1, 0.15) is 17.2 Å². The molecule has 0 aliphatic heterocycles. The molecule has 0 aliphatic rings. The van der Waals surface area contributed by atoms with Gasteiger partial charge in [-0.05, 0) is 18.0 Å². The zero-order chi connectivity index (χ0) is 10.4. The maximum Gasteiger partial charge on any atom is 0.0805 e. The van der Waals surface area contributed by atoms with Gasteiger partial charge in [0.25, 0.3) is 0 Å². The Morgan fingerprint density at radius 3 is 2.93 bits per heavy atom. The molecule has 0 saturated carbocycles. The summed E-state index contributed by atoms with van der Waals surface area (Å²) in [6.07, 6.45) is 0. The van der Waals surface area contributed by atoms with Crippen LogP contribution in [0.4, 0.5) is 0 Å². The van der Waals surface area contributed by atoms with Crippen LogP contribution in [0.3, 0.4) is 0 Å². The molecule has 1 N–H and O–H groups in total. The van der Waals surface area contributed by atoms with Crippen LogP contribution in [0.5, 0.6) is 0 Å². The molecule has 0 radical (unpaired) electrons. The number of rotatable bonds is 6. The lowest BCUT2D eigenvalue weighted by Crippen LogP contribution is -2.29. The second-order valence-electron chi connectivity index (χ2n) is 3.10. The van der Waals surface area contributed by atoms with Crippen LogP contribution in [0.25, 0.3) is 0 Å². The summed E-state index contributed by atoms with van der Waals surface area (Å²) in [6.45, 7) is 4.70. The first-order chi connectivity index (χ1) is 6.77. The summed E-state index contributed by atoms with van der Waals surface area (Å²) in [7, 11) is 0. The van der Waals surface area contributed by atoms with Crippen molar-refractivity contribution >= 4 is 22.9 Å². The Morgan fingerprint density at radius 2 is 2.43 bits per heavy atom. The molecule has 0 aromatic carbocycles. The molecule has 1 heterocycles. The highest BCUT2D eigenvalue weighted by Crippen LogP contribution is 2.25. The number of halogens is 1. The Hall–Kier alpha value is -0.0900. The minimum Gasteiger partial charge on any atom is -0.395 e. The first-order valence-electron chi connectivity index (χ1n) is 4.78. The Labute approximate surface area is 94.1 Å². The fourth-order valence-corrected chi connectivity index (χ4v) is 2.42. The highest BCUT2D eigenvalue weighted by molar-refractivity contribution is 7.10. The molecule has 0 amide bonds. The summed E-state index contributed by atoms with van der Waals surface area (Å²) in [6, 6.07) is 4.06. The van der Waals surface area contributed by atoms with Crippen LogP contribution in [0, 0.1) is 0 Å². The van der Waals surface area contributed by atoms with E-state index in [2.05, 4.69) is 17.9 Å². The van der Waals surface area contributed by atoms with E-state index in [1.54, 1.807) is 11.3 Å². The molecule has 4 heteroatoms. The first-order valence-corrected chi connectivity index (χ1v) is 6.10. The lowest BCUT2D eigenvalue weighted by atomic mass is 10.3. The van der Waals surface area contributed by atoms with Gasteiger partial charge >= 0.3 is 0 Å². The topological polar surface area (TPSA) is 23.5 Å². The van der Waals surface area contributed by atoms with E-state index < -0.39 is 0 Å².